The summed E-state index contributed by atoms with van der Waals surface area (Å²) < 4.78 is 5.97. The molecule has 0 bridgehead atoms. The summed E-state index contributed by atoms with van der Waals surface area (Å²) in [5.41, 5.74) is 3.11. The number of amides is 2. The van der Waals surface area contributed by atoms with Crippen molar-refractivity contribution in [1.29, 1.82) is 0 Å². The van der Waals surface area contributed by atoms with E-state index in [0.717, 1.165) is 53.3 Å². The van der Waals surface area contributed by atoms with Crippen molar-refractivity contribution in [2.24, 2.45) is 0 Å². The first-order valence-electron chi connectivity index (χ1n) is 14.2. The number of likely N-dealkylation sites (tertiary alicyclic amines) is 1. The standard InChI is InChI=1S/C35H36N2O3S/c38-34(27-41-32-16-8-3-9-17-32)37(25-29-18-20-31(21-19-29)40-26-30-14-6-2-7-15-30)33(24-28-12-4-1-5-13-28)35(39)36-22-10-11-23-36/h1-9,12-21,33H,10-11,22-27H2. The molecule has 0 radical (unpaired) electrons. The van der Waals surface area contributed by atoms with Crippen LogP contribution in [0.5, 0.6) is 5.75 Å². The molecule has 1 fully saturated rings. The lowest BCUT2D eigenvalue weighted by atomic mass is 10.0. The first kappa shape index (κ1) is 28.5. The summed E-state index contributed by atoms with van der Waals surface area (Å²) in [6.07, 6.45) is 2.49. The third kappa shape index (κ3) is 8.24. The van der Waals surface area contributed by atoms with Gasteiger partial charge in [-0.1, -0.05) is 91.0 Å². The maximum Gasteiger partial charge on any atom is 0.245 e. The van der Waals surface area contributed by atoms with Gasteiger partial charge in [0, 0.05) is 31.0 Å². The lowest BCUT2D eigenvalue weighted by Gasteiger charge is -2.34. The number of hydrogen-bond donors (Lipinski definition) is 0. The summed E-state index contributed by atoms with van der Waals surface area (Å²) in [7, 11) is 0. The van der Waals surface area contributed by atoms with E-state index in [2.05, 4.69) is 0 Å². The van der Waals surface area contributed by atoms with Gasteiger partial charge in [-0.2, -0.15) is 0 Å². The van der Waals surface area contributed by atoms with Crippen molar-refractivity contribution in [3.05, 3.63) is 132 Å². The van der Waals surface area contributed by atoms with Gasteiger partial charge in [-0.3, -0.25) is 9.59 Å². The van der Waals surface area contributed by atoms with Crippen LogP contribution in [-0.2, 0) is 29.2 Å². The van der Waals surface area contributed by atoms with E-state index in [1.165, 1.54) is 11.8 Å². The first-order chi connectivity index (χ1) is 20.2. The maximum absolute atomic E-state index is 13.9. The van der Waals surface area contributed by atoms with Crippen molar-refractivity contribution in [3.63, 3.8) is 0 Å². The zero-order valence-corrected chi connectivity index (χ0v) is 24.0. The van der Waals surface area contributed by atoms with Crippen LogP contribution in [0.3, 0.4) is 0 Å². The highest BCUT2D eigenvalue weighted by Gasteiger charge is 2.34. The molecule has 1 heterocycles. The van der Waals surface area contributed by atoms with Crippen molar-refractivity contribution in [2.45, 2.75) is 43.4 Å². The number of carbonyl (C=O) groups is 2. The van der Waals surface area contributed by atoms with Crippen molar-refractivity contribution in [1.82, 2.24) is 9.80 Å². The molecule has 0 aliphatic carbocycles. The molecule has 2 amide bonds. The maximum atomic E-state index is 13.9. The van der Waals surface area contributed by atoms with Crippen molar-refractivity contribution >= 4 is 23.6 Å². The molecule has 0 saturated carbocycles. The van der Waals surface area contributed by atoms with Crippen molar-refractivity contribution in [2.75, 3.05) is 18.8 Å². The lowest BCUT2D eigenvalue weighted by Crippen LogP contribution is -2.51. The second-order valence-electron chi connectivity index (χ2n) is 10.3. The van der Waals surface area contributed by atoms with Crippen LogP contribution < -0.4 is 4.74 Å². The van der Waals surface area contributed by atoms with Crippen LogP contribution in [0.25, 0.3) is 0 Å². The average Bonchev–Trinajstić information content (AvgIpc) is 3.58. The fourth-order valence-corrected chi connectivity index (χ4v) is 5.87. The van der Waals surface area contributed by atoms with Crippen LogP contribution in [-0.4, -0.2) is 46.5 Å². The minimum Gasteiger partial charge on any atom is -0.489 e. The monoisotopic (exact) mass is 564 g/mol. The van der Waals surface area contributed by atoms with Crippen LogP contribution in [0.1, 0.15) is 29.5 Å². The zero-order valence-electron chi connectivity index (χ0n) is 23.2. The SMILES string of the molecule is O=C(C(Cc1ccccc1)N(Cc1ccc(OCc2ccccc2)cc1)C(=O)CSc1ccccc1)N1CCCC1. The quantitative estimate of drug-likeness (QED) is 0.182. The van der Waals surface area contributed by atoms with Crippen LogP contribution >= 0.6 is 11.8 Å². The number of thioether (sulfide) groups is 1. The summed E-state index contributed by atoms with van der Waals surface area (Å²) in [6, 6.07) is 37.3. The lowest BCUT2D eigenvalue weighted by molar-refractivity contribution is -0.144. The molecule has 1 saturated heterocycles. The minimum absolute atomic E-state index is 0.0345. The van der Waals surface area contributed by atoms with Gasteiger partial charge in [0.25, 0.3) is 0 Å². The molecule has 41 heavy (non-hydrogen) atoms. The smallest absolute Gasteiger partial charge is 0.245 e. The molecule has 4 aromatic carbocycles. The molecule has 1 aliphatic rings. The Morgan fingerprint density at radius 2 is 1.32 bits per heavy atom. The highest BCUT2D eigenvalue weighted by Crippen LogP contribution is 2.24. The zero-order chi connectivity index (χ0) is 28.3. The Bertz CT molecular complexity index is 1380. The van der Waals surface area contributed by atoms with Crippen LogP contribution in [0, 0.1) is 0 Å². The molecule has 5 rings (SSSR count). The molecule has 1 atom stereocenters. The molecule has 1 aliphatic heterocycles. The molecule has 0 aromatic heterocycles. The van der Waals surface area contributed by atoms with Gasteiger partial charge < -0.3 is 14.5 Å². The van der Waals surface area contributed by atoms with Gasteiger partial charge >= 0.3 is 0 Å². The number of nitrogens with zero attached hydrogens (tertiary/aromatic N) is 2. The molecule has 0 N–H and O–H groups in total. The van der Waals surface area contributed by atoms with Crippen LogP contribution in [0.4, 0.5) is 0 Å². The number of benzene rings is 4. The van der Waals surface area contributed by atoms with E-state index in [4.69, 9.17) is 4.74 Å². The van der Waals surface area contributed by atoms with Crippen LogP contribution in [0.15, 0.2) is 120 Å². The fourth-order valence-electron chi connectivity index (χ4n) is 5.06. The second-order valence-corrected chi connectivity index (χ2v) is 11.3. The summed E-state index contributed by atoms with van der Waals surface area (Å²) in [5.74, 6) is 1.02. The molecular formula is C35H36N2O3S. The third-order valence-corrected chi connectivity index (χ3v) is 8.30. The van der Waals surface area contributed by atoms with E-state index in [1.54, 1.807) is 4.90 Å². The van der Waals surface area contributed by atoms with E-state index in [1.807, 2.05) is 120 Å². The second kappa shape index (κ2) is 14.6. The Morgan fingerprint density at radius 3 is 1.95 bits per heavy atom. The molecular weight excluding hydrogens is 528 g/mol. The topological polar surface area (TPSA) is 49.9 Å². The first-order valence-corrected chi connectivity index (χ1v) is 15.2. The fraction of sp³-hybridized carbons (Fsp3) is 0.257. The summed E-state index contributed by atoms with van der Waals surface area (Å²) in [6.45, 7) is 2.34. The van der Waals surface area contributed by atoms with E-state index >= 15 is 0 Å². The van der Waals surface area contributed by atoms with E-state index in [0.29, 0.717) is 19.6 Å². The Kier molecular flexibility index (Phi) is 10.1. The highest BCUT2D eigenvalue weighted by molar-refractivity contribution is 8.00. The molecule has 1 unspecified atom stereocenters. The third-order valence-electron chi connectivity index (χ3n) is 7.30. The summed E-state index contributed by atoms with van der Waals surface area (Å²) >= 11 is 1.51. The molecule has 5 nitrogen and oxygen atoms in total. The minimum atomic E-state index is -0.576. The number of rotatable bonds is 12. The Balaban J connectivity index is 1.37. The van der Waals surface area contributed by atoms with E-state index in [-0.39, 0.29) is 17.6 Å². The van der Waals surface area contributed by atoms with Crippen molar-refractivity contribution < 1.29 is 14.3 Å². The Hall–Kier alpha value is -4.03. The molecule has 210 valence electrons. The number of hydrogen-bond acceptors (Lipinski definition) is 4. The number of ether oxygens (including phenoxy) is 1. The normalized spacial score (nSPS) is 13.5. The van der Waals surface area contributed by atoms with E-state index in [9.17, 15) is 9.59 Å². The number of carbonyl (C=O) groups excluding carboxylic acids is 2. The van der Waals surface area contributed by atoms with Gasteiger partial charge in [0.15, 0.2) is 0 Å². The molecule has 6 heteroatoms. The Morgan fingerprint density at radius 1 is 0.732 bits per heavy atom. The van der Waals surface area contributed by atoms with Gasteiger partial charge in [-0.25, -0.2) is 0 Å². The largest absolute Gasteiger partial charge is 0.489 e. The van der Waals surface area contributed by atoms with Gasteiger partial charge in [-0.15, -0.1) is 11.8 Å². The molecule has 0 spiro atoms. The van der Waals surface area contributed by atoms with Crippen molar-refractivity contribution in [3.8, 4) is 5.75 Å². The average molecular weight is 565 g/mol. The van der Waals surface area contributed by atoms with Gasteiger partial charge in [0.1, 0.15) is 18.4 Å². The predicted octanol–water partition coefficient (Wildman–Crippen LogP) is 6.62. The summed E-state index contributed by atoms with van der Waals surface area (Å²) in [5, 5.41) is 0. The van der Waals surface area contributed by atoms with Gasteiger partial charge in [0.2, 0.25) is 11.8 Å². The van der Waals surface area contributed by atoms with Gasteiger partial charge in [-0.05, 0) is 53.8 Å². The van der Waals surface area contributed by atoms with Crippen LogP contribution in [0.2, 0.25) is 0 Å². The Labute approximate surface area is 247 Å². The predicted molar refractivity (Wildman–Crippen MR) is 165 cm³/mol. The summed E-state index contributed by atoms with van der Waals surface area (Å²) in [4.78, 5) is 32.6. The van der Waals surface area contributed by atoms with E-state index < -0.39 is 6.04 Å². The van der Waals surface area contributed by atoms with Gasteiger partial charge in [0.05, 0.1) is 5.75 Å². The highest BCUT2D eigenvalue weighted by atomic mass is 32.2. The molecule has 4 aromatic rings.